The minimum absolute atomic E-state index is 0.163. The van der Waals surface area contributed by atoms with Gasteiger partial charge < -0.3 is 11.1 Å². The highest BCUT2D eigenvalue weighted by Gasteiger charge is 2.39. The summed E-state index contributed by atoms with van der Waals surface area (Å²) >= 11 is 0. The summed E-state index contributed by atoms with van der Waals surface area (Å²) in [5.74, 6) is 2.73. The first-order valence-corrected chi connectivity index (χ1v) is 7.82. The molecule has 2 saturated carbocycles. The van der Waals surface area contributed by atoms with E-state index in [2.05, 4.69) is 5.32 Å². The van der Waals surface area contributed by atoms with Gasteiger partial charge in [0.2, 0.25) is 5.91 Å². The number of anilines is 1. The van der Waals surface area contributed by atoms with E-state index >= 15 is 0 Å². The van der Waals surface area contributed by atoms with Crippen molar-refractivity contribution >= 4 is 11.6 Å². The van der Waals surface area contributed by atoms with Gasteiger partial charge in [-0.3, -0.25) is 4.79 Å². The van der Waals surface area contributed by atoms with E-state index in [1.807, 2.05) is 24.3 Å². The number of fused-ring (bicyclic) bond motifs is 2. The van der Waals surface area contributed by atoms with Crippen molar-refractivity contribution in [3.05, 3.63) is 29.8 Å². The molecule has 20 heavy (non-hydrogen) atoms. The maximum atomic E-state index is 11.9. The van der Waals surface area contributed by atoms with Crippen LogP contribution in [0.4, 0.5) is 5.69 Å². The summed E-state index contributed by atoms with van der Waals surface area (Å²) in [5.41, 5.74) is 7.75. The predicted molar refractivity (Wildman–Crippen MR) is 81.1 cm³/mol. The Morgan fingerprint density at radius 3 is 2.80 bits per heavy atom. The van der Waals surface area contributed by atoms with Crippen molar-refractivity contribution in [1.29, 1.82) is 0 Å². The fourth-order valence-corrected chi connectivity index (χ4v) is 3.97. The summed E-state index contributed by atoms with van der Waals surface area (Å²) in [6.45, 7) is 0.879. The van der Waals surface area contributed by atoms with Crippen molar-refractivity contribution in [1.82, 2.24) is 5.32 Å². The maximum Gasteiger partial charge on any atom is 0.220 e. The Morgan fingerprint density at radius 1 is 1.25 bits per heavy atom. The molecular formula is C17H24N2O. The fraction of sp³-hybridized carbons (Fsp3) is 0.588. The molecule has 0 spiro atoms. The minimum atomic E-state index is 0.163. The van der Waals surface area contributed by atoms with Gasteiger partial charge >= 0.3 is 0 Å². The first-order valence-electron chi connectivity index (χ1n) is 7.82. The van der Waals surface area contributed by atoms with Crippen LogP contribution in [-0.2, 0) is 11.2 Å². The number of nitrogen functional groups attached to an aromatic ring is 1. The van der Waals surface area contributed by atoms with Gasteiger partial charge in [0.1, 0.15) is 0 Å². The van der Waals surface area contributed by atoms with Crippen molar-refractivity contribution in [2.75, 3.05) is 12.3 Å². The number of rotatable bonds is 5. The summed E-state index contributed by atoms with van der Waals surface area (Å²) in [5, 5.41) is 3.12. The number of nitrogens with two attached hydrogens (primary N) is 1. The molecule has 2 aliphatic rings. The van der Waals surface area contributed by atoms with Gasteiger partial charge in [0.05, 0.1) is 0 Å². The molecule has 2 fully saturated rings. The van der Waals surface area contributed by atoms with Crippen LogP contribution < -0.4 is 11.1 Å². The Labute approximate surface area is 120 Å². The molecule has 3 heteroatoms. The number of carbonyl (C=O) groups excluding carboxylic acids is 1. The quantitative estimate of drug-likeness (QED) is 0.810. The molecule has 0 radical (unpaired) electrons. The molecule has 0 aromatic heterocycles. The number of aryl methyl sites for hydroxylation is 1. The Bertz CT molecular complexity index is 486. The van der Waals surface area contributed by atoms with Crippen LogP contribution in [0.15, 0.2) is 24.3 Å². The number of amides is 1. The molecule has 2 aliphatic carbocycles. The lowest BCUT2D eigenvalue weighted by Gasteiger charge is -2.21. The average Bonchev–Trinajstić information content (AvgIpc) is 3.06. The van der Waals surface area contributed by atoms with Gasteiger partial charge in [0.25, 0.3) is 0 Å². The van der Waals surface area contributed by atoms with E-state index in [0.29, 0.717) is 6.42 Å². The standard InChI is InChI=1S/C17H24N2O/c18-16-4-2-1-3-13(16)7-8-17(20)19-11-15-10-12-5-6-14(15)9-12/h1-4,12,14-15H,5-11,18H2,(H,19,20). The van der Waals surface area contributed by atoms with Crippen LogP contribution in [0.3, 0.4) is 0 Å². The molecule has 3 atom stereocenters. The van der Waals surface area contributed by atoms with Crippen molar-refractivity contribution < 1.29 is 4.79 Å². The third kappa shape index (κ3) is 2.97. The Kier molecular flexibility index (Phi) is 3.95. The minimum Gasteiger partial charge on any atom is -0.399 e. The number of para-hydroxylation sites is 1. The molecule has 1 aromatic rings. The van der Waals surface area contributed by atoms with Crippen LogP contribution in [0.5, 0.6) is 0 Å². The van der Waals surface area contributed by atoms with Gasteiger partial charge in [0.15, 0.2) is 0 Å². The number of carbonyl (C=O) groups is 1. The number of hydrogen-bond donors (Lipinski definition) is 2. The highest BCUT2D eigenvalue weighted by molar-refractivity contribution is 5.76. The zero-order valence-corrected chi connectivity index (χ0v) is 12.0. The van der Waals surface area contributed by atoms with E-state index in [0.717, 1.165) is 42.0 Å². The van der Waals surface area contributed by atoms with Crippen LogP contribution in [0.25, 0.3) is 0 Å². The van der Waals surface area contributed by atoms with Crippen molar-refractivity contribution in [2.45, 2.75) is 38.5 Å². The van der Waals surface area contributed by atoms with E-state index in [-0.39, 0.29) is 5.91 Å². The smallest absolute Gasteiger partial charge is 0.220 e. The first kappa shape index (κ1) is 13.5. The molecule has 1 aromatic carbocycles. The number of hydrogen-bond acceptors (Lipinski definition) is 2. The lowest BCUT2D eigenvalue weighted by Crippen LogP contribution is -2.31. The van der Waals surface area contributed by atoms with Gasteiger partial charge in [0, 0.05) is 18.7 Å². The largest absolute Gasteiger partial charge is 0.399 e. The second kappa shape index (κ2) is 5.86. The van der Waals surface area contributed by atoms with Crippen molar-refractivity contribution in [3.8, 4) is 0 Å². The van der Waals surface area contributed by atoms with Gasteiger partial charge in [-0.1, -0.05) is 24.6 Å². The molecule has 108 valence electrons. The fourth-order valence-electron chi connectivity index (χ4n) is 3.97. The van der Waals surface area contributed by atoms with E-state index in [1.165, 1.54) is 25.7 Å². The normalized spacial score (nSPS) is 27.7. The molecule has 3 nitrogen and oxygen atoms in total. The van der Waals surface area contributed by atoms with Crippen LogP contribution in [0, 0.1) is 17.8 Å². The topological polar surface area (TPSA) is 55.1 Å². The maximum absolute atomic E-state index is 11.9. The van der Waals surface area contributed by atoms with Gasteiger partial charge in [-0.2, -0.15) is 0 Å². The SMILES string of the molecule is Nc1ccccc1CCC(=O)NCC1CC2CCC1C2. The summed E-state index contributed by atoms with van der Waals surface area (Å²) in [7, 11) is 0. The summed E-state index contributed by atoms with van der Waals surface area (Å²) < 4.78 is 0. The van der Waals surface area contributed by atoms with Crippen molar-refractivity contribution in [3.63, 3.8) is 0 Å². The van der Waals surface area contributed by atoms with Crippen LogP contribution in [0.1, 0.15) is 37.7 Å². The van der Waals surface area contributed by atoms with Crippen LogP contribution in [-0.4, -0.2) is 12.5 Å². The molecule has 0 heterocycles. The summed E-state index contributed by atoms with van der Waals surface area (Å²) in [6.07, 6.45) is 6.80. The molecule has 1 amide bonds. The molecule has 0 saturated heterocycles. The second-order valence-corrected chi connectivity index (χ2v) is 6.44. The number of nitrogens with one attached hydrogen (secondary N) is 1. The van der Waals surface area contributed by atoms with Crippen molar-refractivity contribution in [2.24, 2.45) is 17.8 Å². The van der Waals surface area contributed by atoms with E-state index in [4.69, 9.17) is 5.73 Å². The molecule has 3 N–H and O–H groups in total. The highest BCUT2D eigenvalue weighted by Crippen LogP contribution is 2.47. The van der Waals surface area contributed by atoms with Crippen LogP contribution >= 0.6 is 0 Å². The third-order valence-electron chi connectivity index (χ3n) is 5.12. The molecule has 2 bridgehead atoms. The predicted octanol–water partition coefficient (Wildman–Crippen LogP) is 2.75. The highest BCUT2D eigenvalue weighted by atomic mass is 16.1. The zero-order chi connectivity index (χ0) is 13.9. The monoisotopic (exact) mass is 272 g/mol. The first-order chi connectivity index (χ1) is 9.72. The Morgan fingerprint density at radius 2 is 2.10 bits per heavy atom. The molecular weight excluding hydrogens is 248 g/mol. The van der Waals surface area contributed by atoms with E-state index in [1.54, 1.807) is 0 Å². The Balaban J connectivity index is 1.41. The van der Waals surface area contributed by atoms with Gasteiger partial charge in [-0.05, 0) is 55.1 Å². The summed E-state index contributed by atoms with van der Waals surface area (Å²) in [4.78, 5) is 11.9. The molecule has 3 unspecified atom stereocenters. The summed E-state index contributed by atoms with van der Waals surface area (Å²) in [6, 6.07) is 7.79. The van der Waals surface area contributed by atoms with E-state index in [9.17, 15) is 4.79 Å². The van der Waals surface area contributed by atoms with E-state index < -0.39 is 0 Å². The third-order valence-corrected chi connectivity index (χ3v) is 5.12. The second-order valence-electron chi connectivity index (χ2n) is 6.44. The molecule has 0 aliphatic heterocycles. The Hall–Kier alpha value is -1.51. The van der Waals surface area contributed by atoms with Gasteiger partial charge in [-0.25, -0.2) is 0 Å². The van der Waals surface area contributed by atoms with Crippen LogP contribution in [0.2, 0.25) is 0 Å². The average molecular weight is 272 g/mol. The number of benzene rings is 1. The zero-order valence-electron chi connectivity index (χ0n) is 12.0. The van der Waals surface area contributed by atoms with Gasteiger partial charge in [-0.15, -0.1) is 0 Å². The lowest BCUT2D eigenvalue weighted by molar-refractivity contribution is -0.121. The lowest BCUT2D eigenvalue weighted by atomic mass is 9.89. The molecule has 3 rings (SSSR count).